The van der Waals surface area contributed by atoms with Crippen molar-refractivity contribution >= 4 is 17.2 Å². The molecule has 0 aromatic carbocycles. The van der Waals surface area contributed by atoms with Crippen molar-refractivity contribution in [1.29, 1.82) is 0 Å². The van der Waals surface area contributed by atoms with Crippen LogP contribution in [0.2, 0.25) is 0 Å². The van der Waals surface area contributed by atoms with Gasteiger partial charge < -0.3 is 4.90 Å². The Labute approximate surface area is 142 Å². The van der Waals surface area contributed by atoms with Crippen LogP contribution in [0.25, 0.3) is 0 Å². The Balaban J connectivity index is 1.24. The fraction of sp³-hybridized carbons (Fsp3) is 0.778. The minimum atomic E-state index is 0.393. The molecule has 1 aromatic rings. The summed E-state index contributed by atoms with van der Waals surface area (Å²) in [5.41, 5.74) is 1.36. The van der Waals surface area contributed by atoms with E-state index in [1.807, 2.05) is 11.3 Å². The number of hydrogen-bond donors (Lipinski definition) is 0. The highest BCUT2D eigenvalue weighted by molar-refractivity contribution is 7.11. The largest absolute Gasteiger partial charge is 0.340 e. The van der Waals surface area contributed by atoms with Gasteiger partial charge in [-0.3, -0.25) is 9.69 Å². The van der Waals surface area contributed by atoms with Crippen LogP contribution in [-0.4, -0.2) is 46.9 Å². The minimum Gasteiger partial charge on any atom is -0.340 e. The molecular formula is C18H27N3OS. The van der Waals surface area contributed by atoms with Gasteiger partial charge in [-0.25, -0.2) is 4.98 Å². The topological polar surface area (TPSA) is 36.4 Å². The Bertz CT molecular complexity index is 535. The summed E-state index contributed by atoms with van der Waals surface area (Å²) < 4.78 is 0. The SMILES string of the molecule is O=C(CC1CCCC1)N1CCN(Cc2nc3c(s2)CCC3)CC1. The maximum Gasteiger partial charge on any atom is 0.222 e. The van der Waals surface area contributed by atoms with Crippen molar-refractivity contribution in [2.24, 2.45) is 5.92 Å². The summed E-state index contributed by atoms with van der Waals surface area (Å²) in [6.45, 7) is 4.77. The van der Waals surface area contributed by atoms with Gasteiger partial charge in [-0.1, -0.05) is 12.8 Å². The summed E-state index contributed by atoms with van der Waals surface area (Å²) in [4.78, 5) is 23.3. The molecule has 5 heteroatoms. The van der Waals surface area contributed by atoms with E-state index in [0.717, 1.165) is 39.1 Å². The van der Waals surface area contributed by atoms with E-state index >= 15 is 0 Å². The van der Waals surface area contributed by atoms with Crippen molar-refractivity contribution in [3.8, 4) is 0 Å². The first-order chi connectivity index (χ1) is 11.3. The number of nitrogens with zero attached hydrogens (tertiary/aromatic N) is 3. The number of carbonyl (C=O) groups excluding carboxylic acids is 1. The van der Waals surface area contributed by atoms with Crippen LogP contribution in [0.15, 0.2) is 0 Å². The number of piperazine rings is 1. The van der Waals surface area contributed by atoms with Gasteiger partial charge in [0.15, 0.2) is 0 Å². The monoisotopic (exact) mass is 333 g/mol. The molecule has 3 aliphatic rings. The van der Waals surface area contributed by atoms with E-state index in [0.29, 0.717) is 11.8 Å². The molecule has 0 radical (unpaired) electrons. The molecule has 126 valence electrons. The van der Waals surface area contributed by atoms with E-state index in [2.05, 4.69) is 9.80 Å². The summed E-state index contributed by atoms with van der Waals surface area (Å²) in [5, 5.41) is 1.28. The molecule has 0 N–H and O–H groups in total. The van der Waals surface area contributed by atoms with Gasteiger partial charge in [0.25, 0.3) is 0 Å². The van der Waals surface area contributed by atoms with Crippen LogP contribution in [0, 0.1) is 5.92 Å². The molecule has 0 atom stereocenters. The molecule has 4 rings (SSSR count). The van der Waals surface area contributed by atoms with Crippen molar-refractivity contribution < 1.29 is 4.79 Å². The molecule has 0 unspecified atom stereocenters. The standard InChI is InChI=1S/C18H27N3OS/c22-18(12-14-4-1-2-5-14)21-10-8-20(9-11-21)13-17-19-15-6-3-7-16(15)23-17/h14H,1-13H2. The first-order valence-electron chi connectivity index (χ1n) is 9.25. The third-order valence-electron chi connectivity index (χ3n) is 5.66. The van der Waals surface area contributed by atoms with E-state index in [-0.39, 0.29) is 0 Å². The van der Waals surface area contributed by atoms with E-state index in [1.54, 1.807) is 0 Å². The molecule has 1 amide bonds. The summed E-state index contributed by atoms with van der Waals surface area (Å²) in [5.74, 6) is 1.06. The highest BCUT2D eigenvalue weighted by Crippen LogP contribution is 2.29. The zero-order chi connectivity index (χ0) is 15.6. The predicted molar refractivity (Wildman–Crippen MR) is 92.6 cm³/mol. The van der Waals surface area contributed by atoms with Crippen molar-refractivity contribution in [2.45, 2.75) is 57.9 Å². The fourth-order valence-electron chi connectivity index (χ4n) is 4.25. The van der Waals surface area contributed by atoms with E-state index in [9.17, 15) is 4.79 Å². The maximum absolute atomic E-state index is 12.4. The van der Waals surface area contributed by atoms with Crippen LogP contribution in [0.3, 0.4) is 0 Å². The zero-order valence-corrected chi connectivity index (χ0v) is 14.7. The normalized spacial score (nSPS) is 22.7. The number of aryl methyl sites for hydroxylation is 2. The van der Waals surface area contributed by atoms with Crippen LogP contribution in [-0.2, 0) is 24.2 Å². The van der Waals surface area contributed by atoms with Gasteiger partial charge in [0.1, 0.15) is 5.01 Å². The smallest absolute Gasteiger partial charge is 0.222 e. The first-order valence-corrected chi connectivity index (χ1v) is 10.1. The van der Waals surface area contributed by atoms with Crippen LogP contribution >= 0.6 is 11.3 Å². The Hall–Kier alpha value is -0.940. The number of rotatable bonds is 4. The van der Waals surface area contributed by atoms with Crippen LogP contribution in [0.1, 0.15) is 54.1 Å². The van der Waals surface area contributed by atoms with E-state index < -0.39 is 0 Å². The molecule has 2 aliphatic carbocycles. The fourth-order valence-corrected chi connectivity index (χ4v) is 5.45. The summed E-state index contributed by atoms with van der Waals surface area (Å²) in [6, 6.07) is 0. The van der Waals surface area contributed by atoms with Crippen LogP contribution < -0.4 is 0 Å². The third-order valence-corrected chi connectivity index (χ3v) is 6.80. The molecule has 1 saturated carbocycles. The van der Waals surface area contributed by atoms with Crippen LogP contribution in [0.4, 0.5) is 0 Å². The molecule has 1 saturated heterocycles. The maximum atomic E-state index is 12.4. The molecule has 0 bridgehead atoms. The zero-order valence-electron chi connectivity index (χ0n) is 13.9. The molecule has 2 fully saturated rings. The van der Waals surface area contributed by atoms with Gasteiger partial charge >= 0.3 is 0 Å². The van der Waals surface area contributed by atoms with Gasteiger partial charge in [0.05, 0.1) is 12.2 Å². The second-order valence-electron chi connectivity index (χ2n) is 7.34. The van der Waals surface area contributed by atoms with Gasteiger partial charge in [-0.15, -0.1) is 11.3 Å². The Morgan fingerprint density at radius 3 is 2.61 bits per heavy atom. The number of thiazole rings is 1. The molecule has 1 aliphatic heterocycles. The highest BCUT2D eigenvalue weighted by Gasteiger charge is 2.26. The molecular weight excluding hydrogens is 306 g/mol. The number of amides is 1. The molecule has 23 heavy (non-hydrogen) atoms. The second-order valence-corrected chi connectivity index (χ2v) is 8.51. The highest BCUT2D eigenvalue weighted by atomic mass is 32.1. The Kier molecular flexibility index (Phi) is 4.67. The lowest BCUT2D eigenvalue weighted by Gasteiger charge is -2.34. The van der Waals surface area contributed by atoms with E-state index in [1.165, 1.54) is 60.5 Å². The average molecular weight is 334 g/mol. The van der Waals surface area contributed by atoms with Crippen molar-refractivity contribution in [3.05, 3.63) is 15.6 Å². The lowest BCUT2D eigenvalue weighted by Crippen LogP contribution is -2.48. The molecule has 0 spiro atoms. The minimum absolute atomic E-state index is 0.393. The van der Waals surface area contributed by atoms with Gasteiger partial charge in [-0.2, -0.15) is 0 Å². The predicted octanol–water partition coefficient (Wildman–Crippen LogP) is 2.86. The summed E-state index contributed by atoms with van der Waals surface area (Å²) in [6.07, 6.45) is 9.66. The van der Waals surface area contributed by atoms with Crippen molar-refractivity contribution in [2.75, 3.05) is 26.2 Å². The van der Waals surface area contributed by atoms with Gasteiger partial charge in [-0.05, 0) is 38.0 Å². The lowest BCUT2D eigenvalue weighted by molar-refractivity contribution is -0.134. The quantitative estimate of drug-likeness (QED) is 0.850. The number of hydrogen-bond acceptors (Lipinski definition) is 4. The average Bonchev–Trinajstić information content (AvgIpc) is 3.25. The summed E-state index contributed by atoms with van der Waals surface area (Å²) >= 11 is 1.91. The van der Waals surface area contributed by atoms with Gasteiger partial charge in [0, 0.05) is 37.5 Å². The van der Waals surface area contributed by atoms with Crippen molar-refractivity contribution in [1.82, 2.24) is 14.8 Å². The summed E-state index contributed by atoms with van der Waals surface area (Å²) in [7, 11) is 0. The number of aromatic nitrogens is 1. The first kappa shape index (κ1) is 15.6. The Morgan fingerprint density at radius 1 is 1.09 bits per heavy atom. The molecule has 2 heterocycles. The second kappa shape index (κ2) is 6.89. The van der Waals surface area contributed by atoms with Gasteiger partial charge in [0.2, 0.25) is 5.91 Å². The lowest BCUT2D eigenvalue weighted by atomic mass is 10.0. The number of carbonyl (C=O) groups is 1. The van der Waals surface area contributed by atoms with E-state index in [4.69, 9.17) is 4.98 Å². The van der Waals surface area contributed by atoms with Crippen LogP contribution in [0.5, 0.6) is 0 Å². The Morgan fingerprint density at radius 2 is 1.87 bits per heavy atom. The third kappa shape index (κ3) is 3.61. The number of fused-ring (bicyclic) bond motifs is 1. The molecule has 4 nitrogen and oxygen atoms in total. The molecule has 1 aromatic heterocycles. The van der Waals surface area contributed by atoms with Crippen molar-refractivity contribution in [3.63, 3.8) is 0 Å².